The van der Waals surface area contributed by atoms with Crippen molar-refractivity contribution in [2.24, 2.45) is 5.73 Å². The van der Waals surface area contributed by atoms with Gasteiger partial charge in [-0.3, -0.25) is 0 Å². The van der Waals surface area contributed by atoms with Gasteiger partial charge in [-0.25, -0.2) is 4.79 Å². The van der Waals surface area contributed by atoms with E-state index in [2.05, 4.69) is 4.74 Å². The Morgan fingerprint density at radius 2 is 2.10 bits per heavy atom. The summed E-state index contributed by atoms with van der Waals surface area (Å²) in [6.45, 7) is 3.59. The van der Waals surface area contributed by atoms with Gasteiger partial charge in [0.15, 0.2) is 0 Å². The third kappa shape index (κ3) is 3.72. The number of ether oxygens (including phenoxy) is 1. The van der Waals surface area contributed by atoms with E-state index in [1.165, 1.54) is 0 Å². The summed E-state index contributed by atoms with van der Waals surface area (Å²) < 4.78 is 4.55. The van der Waals surface area contributed by atoms with E-state index in [1.54, 1.807) is 25.2 Å². The first-order valence-corrected chi connectivity index (χ1v) is 2.97. The second-order valence-electron chi connectivity index (χ2n) is 1.61. The molecule has 0 spiro atoms. The van der Waals surface area contributed by atoms with Crippen molar-refractivity contribution in [3.8, 4) is 0 Å². The van der Waals surface area contributed by atoms with Crippen molar-refractivity contribution in [3.05, 3.63) is 24.0 Å². The van der Waals surface area contributed by atoms with Crippen LogP contribution < -0.4 is 5.73 Å². The van der Waals surface area contributed by atoms with Crippen molar-refractivity contribution in [1.29, 1.82) is 0 Å². The predicted octanol–water partition coefficient (Wildman–Crippen LogP) is 1.56. The lowest BCUT2D eigenvalue weighted by Crippen LogP contribution is -2.11. The van der Waals surface area contributed by atoms with Crippen molar-refractivity contribution >= 4 is 6.09 Å². The maximum atomic E-state index is 10.2. The molecule has 0 atom stereocenters. The Labute approximate surface area is 60.2 Å². The molecular weight excluding hydrogens is 130 g/mol. The zero-order chi connectivity index (χ0) is 7.98. The summed E-state index contributed by atoms with van der Waals surface area (Å²) in [5.41, 5.74) is 4.76. The number of allylic oxidation sites excluding steroid dienone is 3. The van der Waals surface area contributed by atoms with E-state index in [9.17, 15) is 4.79 Å². The molecule has 2 N–H and O–H groups in total. The van der Waals surface area contributed by atoms with Crippen molar-refractivity contribution < 1.29 is 9.53 Å². The fourth-order valence-corrected chi connectivity index (χ4v) is 0.470. The van der Waals surface area contributed by atoms with Gasteiger partial charge in [-0.15, -0.1) is 0 Å². The third-order valence-electron chi connectivity index (χ3n) is 0.834. The number of amides is 1. The molecular formula is C7H11NO2. The Morgan fingerprint density at radius 3 is 2.40 bits per heavy atom. The lowest BCUT2D eigenvalue weighted by atomic mass is 10.4. The minimum absolute atomic E-state index is 0.468. The average Bonchev–Trinajstić information content (AvgIpc) is 1.86. The van der Waals surface area contributed by atoms with Crippen molar-refractivity contribution in [2.45, 2.75) is 13.8 Å². The number of hydrogen-bond donors (Lipinski definition) is 1. The largest absolute Gasteiger partial charge is 0.411 e. The van der Waals surface area contributed by atoms with Crippen LogP contribution in [0.25, 0.3) is 0 Å². The highest BCUT2D eigenvalue weighted by molar-refractivity contribution is 5.66. The summed E-state index contributed by atoms with van der Waals surface area (Å²) in [4.78, 5) is 10.2. The highest BCUT2D eigenvalue weighted by atomic mass is 16.5. The van der Waals surface area contributed by atoms with Gasteiger partial charge in [0.05, 0.1) is 0 Å². The van der Waals surface area contributed by atoms with Crippen molar-refractivity contribution in [3.63, 3.8) is 0 Å². The number of hydrogen-bond acceptors (Lipinski definition) is 2. The Kier molecular flexibility index (Phi) is 4.04. The van der Waals surface area contributed by atoms with Crippen molar-refractivity contribution in [2.75, 3.05) is 0 Å². The summed E-state index contributed by atoms with van der Waals surface area (Å²) in [6.07, 6.45) is 4.29. The second-order valence-corrected chi connectivity index (χ2v) is 1.61. The lowest BCUT2D eigenvalue weighted by molar-refractivity contribution is 0.190. The molecule has 56 valence electrons. The minimum Gasteiger partial charge on any atom is -0.411 e. The van der Waals surface area contributed by atoms with Crippen molar-refractivity contribution in [1.82, 2.24) is 0 Å². The van der Waals surface area contributed by atoms with E-state index < -0.39 is 6.09 Å². The van der Waals surface area contributed by atoms with Crippen LogP contribution in [0.3, 0.4) is 0 Å². The monoisotopic (exact) mass is 141 g/mol. The molecule has 10 heavy (non-hydrogen) atoms. The summed E-state index contributed by atoms with van der Waals surface area (Å²) in [7, 11) is 0. The lowest BCUT2D eigenvalue weighted by Gasteiger charge is -1.97. The van der Waals surface area contributed by atoms with Gasteiger partial charge >= 0.3 is 6.09 Å². The minimum atomic E-state index is -0.786. The molecule has 0 aliphatic rings. The fourth-order valence-electron chi connectivity index (χ4n) is 0.470. The van der Waals surface area contributed by atoms with Crippen LogP contribution in [0.1, 0.15) is 13.8 Å². The Hall–Kier alpha value is -1.25. The maximum Gasteiger partial charge on any atom is 0.409 e. The zero-order valence-electron chi connectivity index (χ0n) is 6.13. The van der Waals surface area contributed by atoms with Gasteiger partial charge in [-0.2, -0.15) is 0 Å². The summed E-state index contributed by atoms with van der Waals surface area (Å²) in [6, 6.07) is 0. The van der Waals surface area contributed by atoms with Gasteiger partial charge in [0.25, 0.3) is 0 Å². The van der Waals surface area contributed by atoms with E-state index in [4.69, 9.17) is 5.73 Å². The van der Waals surface area contributed by atoms with Gasteiger partial charge in [-0.05, 0) is 26.0 Å². The van der Waals surface area contributed by atoms with E-state index in [0.717, 1.165) is 0 Å². The van der Waals surface area contributed by atoms with E-state index in [-0.39, 0.29) is 0 Å². The normalized spacial score (nSPS) is 12.0. The molecule has 0 rings (SSSR count). The molecule has 0 aromatic carbocycles. The smallest absolute Gasteiger partial charge is 0.409 e. The van der Waals surface area contributed by atoms with Crippen LogP contribution in [0.2, 0.25) is 0 Å². The van der Waals surface area contributed by atoms with Crippen LogP contribution >= 0.6 is 0 Å². The van der Waals surface area contributed by atoms with Crippen LogP contribution in [-0.2, 0) is 4.74 Å². The first-order valence-electron chi connectivity index (χ1n) is 2.97. The van der Waals surface area contributed by atoms with Gasteiger partial charge in [0.2, 0.25) is 0 Å². The molecule has 0 radical (unpaired) electrons. The molecule has 0 aromatic heterocycles. The molecule has 0 bridgehead atoms. The average molecular weight is 141 g/mol. The molecule has 0 aliphatic carbocycles. The highest BCUT2D eigenvalue weighted by Crippen LogP contribution is 1.97. The molecule has 0 aliphatic heterocycles. The first-order chi connectivity index (χ1) is 4.70. The van der Waals surface area contributed by atoms with E-state index >= 15 is 0 Å². The van der Waals surface area contributed by atoms with Gasteiger partial charge in [0.1, 0.15) is 5.76 Å². The third-order valence-corrected chi connectivity index (χ3v) is 0.834. The second kappa shape index (κ2) is 4.61. The molecule has 0 aromatic rings. The van der Waals surface area contributed by atoms with Gasteiger partial charge < -0.3 is 10.5 Å². The Balaban J connectivity index is 3.98. The van der Waals surface area contributed by atoms with Gasteiger partial charge in [-0.1, -0.05) is 6.08 Å². The molecule has 3 nitrogen and oxygen atoms in total. The maximum absolute atomic E-state index is 10.2. The van der Waals surface area contributed by atoms with E-state index in [0.29, 0.717) is 5.76 Å². The van der Waals surface area contributed by atoms with Crippen LogP contribution in [0.15, 0.2) is 24.0 Å². The van der Waals surface area contributed by atoms with Crippen LogP contribution in [0.5, 0.6) is 0 Å². The summed E-state index contributed by atoms with van der Waals surface area (Å²) in [5, 5.41) is 0. The highest BCUT2D eigenvalue weighted by Gasteiger charge is 1.94. The number of nitrogens with two attached hydrogens (primary N) is 1. The summed E-state index contributed by atoms with van der Waals surface area (Å²) >= 11 is 0. The molecule has 0 unspecified atom stereocenters. The number of rotatable bonds is 2. The van der Waals surface area contributed by atoms with Crippen LogP contribution in [0, 0.1) is 0 Å². The molecule has 0 heterocycles. The predicted molar refractivity (Wildman–Crippen MR) is 39.2 cm³/mol. The molecule has 0 saturated heterocycles. The molecule has 1 amide bonds. The molecule has 0 fully saturated rings. The standard InChI is InChI=1S/C7H11NO2/c1-3-5-6(4-2)10-7(8)9/h3-5H,1-2H3,(H2,8,9). The fraction of sp³-hybridized carbons (Fsp3) is 0.286. The quantitative estimate of drug-likeness (QED) is 0.468. The topological polar surface area (TPSA) is 52.3 Å². The number of carbonyl (C=O) groups is 1. The SMILES string of the molecule is CC=CC(=CC)OC(N)=O. The van der Waals surface area contributed by atoms with Gasteiger partial charge in [0, 0.05) is 0 Å². The number of primary amides is 1. The summed E-state index contributed by atoms with van der Waals surface area (Å²) in [5.74, 6) is 0.468. The Morgan fingerprint density at radius 1 is 1.50 bits per heavy atom. The zero-order valence-corrected chi connectivity index (χ0v) is 6.13. The molecule has 0 saturated carbocycles. The van der Waals surface area contributed by atoms with Crippen LogP contribution in [-0.4, -0.2) is 6.09 Å². The van der Waals surface area contributed by atoms with Crippen LogP contribution in [0.4, 0.5) is 4.79 Å². The first kappa shape index (κ1) is 8.75. The Bertz CT molecular complexity index is 170. The molecule has 3 heteroatoms. The van der Waals surface area contributed by atoms with E-state index in [1.807, 2.05) is 6.92 Å². The number of carbonyl (C=O) groups excluding carboxylic acids is 1.